The number of rotatable bonds is 3. The number of anilines is 1. The Morgan fingerprint density at radius 3 is 2.90 bits per heavy atom. The van der Waals surface area contributed by atoms with E-state index < -0.39 is 0 Å². The summed E-state index contributed by atoms with van der Waals surface area (Å²) >= 11 is 1.82. The van der Waals surface area contributed by atoms with Crippen LogP contribution in [0.1, 0.15) is 25.7 Å². The van der Waals surface area contributed by atoms with E-state index in [1.165, 1.54) is 63.5 Å². The quantitative estimate of drug-likeness (QED) is 0.853. The van der Waals surface area contributed by atoms with Crippen LogP contribution < -0.4 is 4.90 Å². The lowest BCUT2D eigenvalue weighted by Crippen LogP contribution is -2.47. The topological polar surface area (TPSA) is 22.6 Å². The molecule has 1 aromatic rings. The van der Waals surface area contributed by atoms with Gasteiger partial charge in [0, 0.05) is 36.8 Å². The van der Waals surface area contributed by atoms with Gasteiger partial charge in [0.15, 0.2) is 5.13 Å². The van der Waals surface area contributed by atoms with Crippen LogP contribution in [-0.2, 0) is 0 Å². The van der Waals surface area contributed by atoms with Gasteiger partial charge in [-0.15, -0.1) is 11.3 Å². The Morgan fingerprint density at radius 1 is 1.29 bits per heavy atom. The van der Waals surface area contributed by atoms with Gasteiger partial charge in [-0.1, -0.05) is 0 Å². The Kier molecular flexibility index (Phi) is 3.90. The highest BCUT2D eigenvalue weighted by Crippen LogP contribution is 2.39. The fraction of sp³-hybridized carbons (Fsp3) is 0.812. The Bertz CT molecular complexity index is 457. The van der Waals surface area contributed by atoms with Gasteiger partial charge in [-0.3, -0.25) is 0 Å². The van der Waals surface area contributed by atoms with Crippen molar-refractivity contribution in [2.45, 2.75) is 37.8 Å². The molecular weight excluding hydrogens is 280 g/mol. The first-order chi connectivity index (χ1) is 10.3. The maximum Gasteiger partial charge on any atom is 0.185 e. The highest BCUT2D eigenvalue weighted by molar-refractivity contribution is 7.13. The molecule has 0 aromatic carbocycles. The molecule has 3 aliphatic heterocycles. The van der Waals surface area contributed by atoms with Crippen molar-refractivity contribution in [3.05, 3.63) is 11.6 Å². The van der Waals surface area contributed by atoms with Crippen molar-refractivity contribution < 1.29 is 0 Å². The lowest BCUT2D eigenvalue weighted by atomic mass is 9.92. The van der Waals surface area contributed by atoms with Crippen LogP contribution in [-0.4, -0.2) is 66.6 Å². The van der Waals surface area contributed by atoms with Gasteiger partial charge in [-0.2, -0.15) is 0 Å². The zero-order valence-electron chi connectivity index (χ0n) is 12.9. The van der Waals surface area contributed by atoms with Crippen molar-refractivity contribution in [3.63, 3.8) is 0 Å². The van der Waals surface area contributed by atoms with Gasteiger partial charge in [0.05, 0.1) is 0 Å². The summed E-state index contributed by atoms with van der Waals surface area (Å²) in [4.78, 5) is 12.5. The van der Waals surface area contributed by atoms with Crippen LogP contribution in [0.4, 0.5) is 5.13 Å². The molecule has 0 N–H and O–H groups in total. The molecule has 1 aromatic heterocycles. The van der Waals surface area contributed by atoms with Gasteiger partial charge < -0.3 is 14.7 Å². The summed E-state index contributed by atoms with van der Waals surface area (Å²) in [6.45, 7) is 6.35. The van der Waals surface area contributed by atoms with E-state index in [1.54, 1.807) is 0 Å². The highest BCUT2D eigenvalue weighted by atomic mass is 32.1. The molecule has 4 rings (SSSR count). The third kappa shape index (κ3) is 2.71. The van der Waals surface area contributed by atoms with Crippen LogP contribution in [0, 0.1) is 5.92 Å². The van der Waals surface area contributed by atoms with Crippen molar-refractivity contribution in [2.24, 2.45) is 5.92 Å². The number of likely N-dealkylation sites (tertiary alicyclic amines) is 2. The third-order valence-corrected chi connectivity index (χ3v) is 6.32. The predicted octanol–water partition coefficient (Wildman–Crippen LogP) is 2.14. The number of piperidine rings is 1. The van der Waals surface area contributed by atoms with Crippen molar-refractivity contribution in [3.8, 4) is 0 Å². The number of fused-ring (bicyclic) bond motifs is 1. The average molecular weight is 306 g/mol. The number of hydrogen-bond acceptors (Lipinski definition) is 5. The normalized spacial score (nSPS) is 34.5. The van der Waals surface area contributed by atoms with Crippen LogP contribution in [0.5, 0.6) is 0 Å². The second kappa shape index (κ2) is 5.86. The van der Waals surface area contributed by atoms with E-state index in [2.05, 4.69) is 32.1 Å². The number of nitrogens with zero attached hydrogens (tertiary/aromatic N) is 4. The predicted molar refractivity (Wildman–Crippen MR) is 88.1 cm³/mol. The summed E-state index contributed by atoms with van der Waals surface area (Å²) < 4.78 is 0. The molecule has 0 saturated carbocycles. The van der Waals surface area contributed by atoms with E-state index >= 15 is 0 Å². The molecular formula is C16H26N4S. The second-order valence-electron chi connectivity index (χ2n) is 7.00. The minimum Gasteiger partial charge on any atom is -0.340 e. The fourth-order valence-electron chi connectivity index (χ4n) is 4.60. The number of aromatic nitrogens is 1. The molecule has 4 nitrogen and oxygen atoms in total. The van der Waals surface area contributed by atoms with Gasteiger partial charge in [0.2, 0.25) is 0 Å². The van der Waals surface area contributed by atoms with Crippen LogP contribution in [0.15, 0.2) is 11.6 Å². The van der Waals surface area contributed by atoms with E-state index in [0.717, 1.165) is 12.0 Å². The molecule has 0 amide bonds. The Morgan fingerprint density at radius 2 is 2.14 bits per heavy atom. The fourth-order valence-corrected chi connectivity index (χ4v) is 5.37. The van der Waals surface area contributed by atoms with Crippen LogP contribution in [0.3, 0.4) is 0 Å². The van der Waals surface area contributed by atoms with E-state index in [9.17, 15) is 0 Å². The van der Waals surface area contributed by atoms with Gasteiger partial charge in [0.25, 0.3) is 0 Å². The third-order valence-electron chi connectivity index (χ3n) is 5.53. The van der Waals surface area contributed by atoms with Gasteiger partial charge in [-0.25, -0.2) is 4.98 Å². The number of hydrogen-bond donors (Lipinski definition) is 0. The summed E-state index contributed by atoms with van der Waals surface area (Å²) in [5.41, 5.74) is 0. The van der Waals surface area contributed by atoms with E-state index in [0.29, 0.717) is 6.04 Å². The first kappa shape index (κ1) is 14.0. The van der Waals surface area contributed by atoms with Crippen LogP contribution in [0.2, 0.25) is 0 Å². The molecule has 0 aliphatic carbocycles. The molecule has 3 saturated heterocycles. The van der Waals surface area contributed by atoms with E-state index in [1.807, 2.05) is 17.5 Å². The maximum atomic E-state index is 4.65. The molecule has 3 atom stereocenters. The summed E-state index contributed by atoms with van der Waals surface area (Å²) in [6.07, 6.45) is 7.40. The second-order valence-corrected chi connectivity index (χ2v) is 7.87. The van der Waals surface area contributed by atoms with Crippen molar-refractivity contribution in [1.82, 2.24) is 14.8 Å². The SMILES string of the molecule is CN1CC[C@@H]2[C@@H](C[C@H](CN3CCCC3)N2c2nccs2)C1. The van der Waals surface area contributed by atoms with Crippen molar-refractivity contribution in [1.29, 1.82) is 0 Å². The van der Waals surface area contributed by atoms with Gasteiger partial charge in [-0.05, 0) is 58.3 Å². The summed E-state index contributed by atoms with van der Waals surface area (Å²) in [7, 11) is 2.28. The summed E-state index contributed by atoms with van der Waals surface area (Å²) in [5, 5.41) is 3.39. The standard InChI is InChI=1S/C16H26N4S/c1-18-8-4-15-13(11-18)10-14(12-19-6-2-3-7-19)20(15)16-17-5-9-21-16/h5,9,13-15H,2-4,6-8,10-12H2,1H3/t13-,14+,15+/m0/s1. The Hall–Kier alpha value is -0.650. The molecule has 5 heteroatoms. The van der Waals surface area contributed by atoms with Gasteiger partial charge >= 0.3 is 0 Å². The Labute approximate surface area is 131 Å². The largest absolute Gasteiger partial charge is 0.340 e. The van der Waals surface area contributed by atoms with Crippen molar-refractivity contribution >= 4 is 16.5 Å². The molecule has 3 fully saturated rings. The molecule has 0 unspecified atom stereocenters. The van der Waals surface area contributed by atoms with Crippen LogP contribution in [0.25, 0.3) is 0 Å². The monoisotopic (exact) mass is 306 g/mol. The lowest BCUT2D eigenvalue weighted by Gasteiger charge is -2.37. The molecule has 4 heterocycles. The van der Waals surface area contributed by atoms with E-state index in [-0.39, 0.29) is 0 Å². The molecule has 0 radical (unpaired) electrons. The Balaban J connectivity index is 1.55. The summed E-state index contributed by atoms with van der Waals surface area (Å²) in [6, 6.07) is 1.40. The molecule has 21 heavy (non-hydrogen) atoms. The molecule has 0 bridgehead atoms. The maximum absolute atomic E-state index is 4.65. The lowest BCUT2D eigenvalue weighted by molar-refractivity contribution is 0.202. The highest BCUT2D eigenvalue weighted by Gasteiger charge is 2.44. The molecule has 3 aliphatic rings. The zero-order valence-corrected chi connectivity index (χ0v) is 13.8. The molecule has 0 spiro atoms. The minimum absolute atomic E-state index is 0.677. The smallest absolute Gasteiger partial charge is 0.185 e. The van der Waals surface area contributed by atoms with Crippen molar-refractivity contribution in [2.75, 3.05) is 44.7 Å². The molecule has 116 valence electrons. The number of thiazole rings is 1. The summed E-state index contributed by atoms with van der Waals surface area (Å²) in [5.74, 6) is 0.834. The van der Waals surface area contributed by atoms with Gasteiger partial charge in [0.1, 0.15) is 0 Å². The first-order valence-corrected chi connectivity index (χ1v) is 9.28. The average Bonchev–Trinajstić information content (AvgIpc) is 3.17. The zero-order chi connectivity index (χ0) is 14.2. The first-order valence-electron chi connectivity index (χ1n) is 8.40. The minimum atomic E-state index is 0.677. The van der Waals surface area contributed by atoms with E-state index in [4.69, 9.17) is 0 Å². The van der Waals surface area contributed by atoms with Crippen LogP contribution >= 0.6 is 11.3 Å².